The van der Waals surface area contributed by atoms with Gasteiger partial charge in [0, 0.05) is 19.5 Å². The highest BCUT2D eigenvalue weighted by Gasteiger charge is 2.37. The molecule has 1 rings (SSSR count). The predicted octanol–water partition coefficient (Wildman–Crippen LogP) is 1.20. The van der Waals surface area contributed by atoms with E-state index in [9.17, 15) is 9.59 Å². The van der Waals surface area contributed by atoms with Crippen LogP contribution in [0.25, 0.3) is 0 Å². The monoisotopic (exact) mass is 228 g/mol. The second-order valence-electron chi connectivity index (χ2n) is 5.08. The molecule has 0 aromatic carbocycles. The van der Waals surface area contributed by atoms with E-state index in [2.05, 4.69) is 17.6 Å². The van der Waals surface area contributed by atoms with Crippen molar-refractivity contribution in [2.75, 3.05) is 13.1 Å². The number of amides is 2. The Labute approximate surface area is 95.6 Å². The second kappa shape index (κ2) is 5.18. The number of aliphatic carboxylic acids is 1. The van der Waals surface area contributed by atoms with Crippen LogP contribution in [0.5, 0.6) is 0 Å². The van der Waals surface area contributed by atoms with E-state index in [0.717, 1.165) is 0 Å². The average molecular weight is 228 g/mol. The molecule has 5 nitrogen and oxygen atoms in total. The van der Waals surface area contributed by atoms with Gasteiger partial charge >= 0.3 is 12.0 Å². The first-order valence-electron chi connectivity index (χ1n) is 5.65. The lowest BCUT2D eigenvalue weighted by molar-refractivity contribution is -0.137. The molecule has 5 heteroatoms. The normalized spacial score (nSPS) is 18.6. The number of carbonyl (C=O) groups is 2. The molecule has 92 valence electrons. The number of nitrogens with one attached hydrogen (secondary N) is 2. The Kier molecular flexibility index (Phi) is 4.15. The van der Waals surface area contributed by atoms with Crippen LogP contribution in [0.15, 0.2) is 0 Å². The van der Waals surface area contributed by atoms with Crippen LogP contribution in [-0.4, -0.2) is 30.2 Å². The SMILES string of the molecule is CC(CNC(=O)NCC1(C)CC1)CC(=O)O. The lowest BCUT2D eigenvalue weighted by atomic mass is 10.1. The van der Waals surface area contributed by atoms with Gasteiger partial charge in [0.1, 0.15) is 0 Å². The van der Waals surface area contributed by atoms with Gasteiger partial charge < -0.3 is 15.7 Å². The van der Waals surface area contributed by atoms with E-state index in [0.29, 0.717) is 18.5 Å². The molecule has 0 aliphatic heterocycles. The van der Waals surface area contributed by atoms with E-state index >= 15 is 0 Å². The average Bonchev–Trinajstić information content (AvgIpc) is 2.90. The molecule has 0 bridgehead atoms. The Balaban J connectivity index is 2.07. The molecule has 1 atom stereocenters. The molecule has 1 fully saturated rings. The zero-order valence-electron chi connectivity index (χ0n) is 9.88. The number of hydrogen-bond donors (Lipinski definition) is 3. The van der Waals surface area contributed by atoms with Gasteiger partial charge in [0.15, 0.2) is 0 Å². The van der Waals surface area contributed by atoms with Crippen LogP contribution >= 0.6 is 0 Å². The summed E-state index contributed by atoms with van der Waals surface area (Å²) in [5.41, 5.74) is 0.296. The summed E-state index contributed by atoms with van der Waals surface area (Å²) in [6.45, 7) is 5.04. The second-order valence-corrected chi connectivity index (χ2v) is 5.08. The van der Waals surface area contributed by atoms with E-state index < -0.39 is 5.97 Å². The Morgan fingerprint density at radius 1 is 1.38 bits per heavy atom. The van der Waals surface area contributed by atoms with Gasteiger partial charge in [-0.3, -0.25) is 4.79 Å². The van der Waals surface area contributed by atoms with Crippen molar-refractivity contribution in [2.24, 2.45) is 11.3 Å². The van der Waals surface area contributed by atoms with Gasteiger partial charge in [-0.05, 0) is 24.2 Å². The fourth-order valence-electron chi connectivity index (χ4n) is 1.38. The van der Waals surface area contributed by atoms with Crippen molar-refractivity contribution in [3.05, 3.63) is 0 Å². The van der Waals surface area contributed by atoms with Gasteiger partial charge in [0.2, 0.25) is 0 Å². The van der Waals surface area contributed by atoms with Crippen LogP contribution in [-0.2, 0) is 4.79 Å². The van der Waals surface area contributed by atoms with Crippen molar-refractivity contribution in [3.63, 3.8) is 0 Å². The molecule has 2 amide bonds. The first kappa shape index (κ1) is 12.8. The van der Waals surface area contributed by atoms with Crippen molar-refractivity contribution in [3.8, 4) is 0 Å². The third-order valence-electron chi connectivity index (χ3n) is 2.91. The van der Waals surface area contributed by atoms with Gasteiger partial charge in [0.05, 0.1) is 0 Å². The number of carboxylic acids is 1. The minimum Gasteiger partial charge on any atom is -0.481 e. The number of carbonyl (C=O) groups excluding carboxylic acids is 1. The van der Waals surface area contributed by atoms with Gasteiger partial charge in [-0.2, -0.15) is 0 Å². The number of rotatable bonds is 6. The molecule has 1 unspecified atom stereocenters. The molecule has 0 aromatic heterocycles. The first-order chi connectivity index (χ1) is 7.41. The predicted molar refractivity (Wildman–Crippen MR) is 60.2 cm³/mol. The van der Waals surface area contributed by atoms with Crippen molar-refractivity contribution in [2.45, 2.75) is 33.1 Å². The lowest BCUT2D eigenvalue weighted by Crippen LogP contribution is -2.40. The van der Waals surface area contributed by atoms with Gasteiger partial charge in [-0.1, -0.05) is 13.8 Å². The summed E-state index contributed by atoms with van der Waals surface area (Å²) in [4.78, 5) is 21.7. The largest absolute Gasteiger partial charge is 0.481 e. The summed E-state index contributed by atoms with van der Waals surface area (Å²) in [5, 5.41) is 14.0. The van der Waals surface area contributed by atoms with Crippen LogP contribution in [0.2, 0.25) is 0 Å². The van der Waals surface area contributed by atoms with Crippen molar-refractivity contribution in [1.82, 2.24) is 10.6 Å². The fourth-order valence-corrected chi connectivity index (χ4v) is 1.38. The molecule has 3 N–H and O–H groups in total. The molecular weight excluding hydrogens is 208 g/mol. The molecule has 1 aliphatic carbocycles. The highest BCUT2D eigenvalue weighted by atomic mass is 16.4. The number of urea groups is 1. The third-order valence-corrected chi connectivity index (χ3v) is 2.91. The zero-order chi connectivity index (χ0) is 12.2. The Hall–Kier alpha value is -1.26. The minimum atomic E-state index is -0.833. The van der Waals surface area contributed by atoms with E-state index in [1.807, 2.05) is 0 Å². The van der Waals surface area contributed by atoms with Crippen LogP contribution in [0, 0.1) is 11.3 Å². The number of carboxylic acid groups (broad SMARTS) is 1. The maximum absolute atomic E-state index is 11.3. The molecule has 0 saturated heterocycles. The summed E-state index contributed by atoms with van der Waals surface area (Å²) >= 11 is 0. The van der Waals surface area contributed by atoms with Crippen molar-refractivity contribution in [1.29, 1.82) is 0 Å². The summed E-state index contributed by atoms with van der Waals surface area (Å²) in [7, 11) is 0. The first-order valence-corrected chi connectivity index (χ1v) is 5.65. The highest BCUT2D eigenvalue weighted by molar-refractivity contribution is 5.74. The molecule has 1 saturated carbocycles. The minimum absolute atomic E-state index is 0.0419. The van der Waals surface area contributed by atoms with Crippen molar-refractivity contribution < 1.29 is 14.7 Å². The molecular formula is C11H20N2O3. The fraction of sp³-hybridized carbons (Fsp3) is 0.818. The molecule has 0 spiro atoms. The van der Waals surface area contributed by atoms with Crippen LogP contribution < -0.4 is 10.6 Å². The molecule has 1 aliphatic rings. The van der Waals surface area contributed by atoms with E-state index in [1.54, 1.807) is 6.92 Å². The Morgan fingerprint density at radius 2 is 2.00 bits per heavy atom. The zero-order valence-corrected chi connectivity index (χ0v) is 9.88. The van der Waals surface area contributed by atoms with Crippen LogP contribution in [0.3, 0.4) is 0 Å². The number of hydrogen-bond acceptors (Lipinski definition) is 2. The van der Waals surface area contributed by atoms with E-state index in [1.165, 1.54) is 12.8 Å². The van der Waals surface area contributed by atoms with Crippen LogP contribution in [0.4, 0.5) is 4.79 Å². The maximum atomic E-state index is 11.3. The smallest absolute Gasteiger partial charge is 0.314 e. The highest BCUT2D eigenvalue weighted by Crippen LogP contribution is 2.43. The van der Waals surface area contributed by atoms with Gasteiger partial charge in [-0.15, -0.1) is 0 Å². The molecule has 0 aromatic rings. The topological polar surface area (TPSA) is 78.4 Å². The molecule has 0 radical (unpaired) electrons. The quantitative estimate of drug-likeness (QED) is 0.639. The standard InChI is InChI=1S/C11H20N2O3/c1-8(5-9(14)15)6-12-10(16)13-7-11(2)3-4-11/h8H,3-7H2,1-2H3,(H,14,15)(H2,12,13,16). The van der Waals surface area contributed by atoms with Gasteiger partial charge in [0.25, 0.3) is 0 Å². The van der Waals surface area contributed by atoms with E-state index in [-0.39, 0.29) is 18.4 Å². The summed E-state index contributed by atoms with van der Waals surface area (Å²) in [6.07, 6.45) is 2.42. The Morgan fingerprint density at radius 3 is 2.50 bits per heavy atom. The third kappa shape index (κ3) is 5.00. The van der Waals surface area contributed by atoms with Crippen molar-refractivity contribution >= 4 is 12.0 Å². The summed E-state index contributed by atoms with van der Waals surface area (Å²) in [5.74, 6) is -0.875. The summed E-state index contributed by atoms with van der Waals surface area (Å²) < 4.78 is 0. The van der Waals surface area contributed by atoms with Crippen LogP contribution in [0.1, 0.15) is 33.1 Å². The van der Waals surface area contributed by atoms with E-state index in [4.69, 9.17) is 5.11 Å². The van der Waals surface area contributed by atoms with Gasteiger partial charge in [-0.25, -0.2) is 4.79 Å². The lowest BCUT2D eigenvalue weighted by Gasteiger charge is -2.13. The maximum Gasteiger partial charge on any atom is 0.314 e. The Bertz CT molecular complexity index is 274. The molecule has 0 heterocycles. The summed E-state index contributed by atoms with van der Waals surface area (Å²) in [6, 6.07) is -0.203. The molecule has 16 heavy (non-hydrogen) atoms.